The van der Waals surface area contributed by atoms with E-state index >= 15 is 0 Å². The third-order valence-corrected chi connectivity index (χ3v) is 3.79. The van der Waals surface area contributed by atoms with E-state index in [1.165, 1.54) is 11.1 Å². The summed E-state index contributed by atoms with van der Waals surface area (Å²) in [5.74, 6) is 1.38. The van der Waals surface area contributed by atoms with E-state index in [0.717, 1.165) is 17.1 Å². The van der Waals surface area contributed by atoms with Gasteiger partial charge in [-0.1, -0.05) is 66.2 Å². The Hall–Kier alpha value is -3.14. The first-order chi connectivity index (χ1) is 12.2. The van der Waals surface area contributed by atoms with Crippen molar-refractivity contribution >= 4 is 11.8 Å². The van der Waals surface area contributed by atoms with E-state index in [2.05, 4.69) is 58.4 Å². The van der Waals surface area contributed by atoms with Crippen LogP contribution in [-0.4, -0.2) is 16.5 Å². The molecule has 4 heteroatoms. The summed E-state index contributed by atoms with van der Waals surface area (Å²) in [6.45, 7) is 7.16. The Morgan fingerprint density at radius 3 is 2.44 bits per heavy atom. The van der Waals surface area contributed by atoms with Crippen LogP contribution in [0.15, 0.2) is 73.3 Å². The largest absolute Gasteiger partial charge is 0.366 e. The molecular formula is C21H22N4. The zero-order valence-corrected chi connectivity index (χ0v) is 14.4. The van der Waals surface area contributed by atoms with E-state index < -0.39 is 0 Å². The molecule has 2 aromatic carbocycles. The number of hydrogen-bond donors (Lipinski definition) is 2. The molecule has 0 aliphatic carbocycles. The van der Waals surface area contributed by atoms with Crippen LogP contribution in [-0.2, 0) is 6.54 Å². The Labute approximate surface area is 148 Å². The zero-order valence-electron chi connectivity index (χ0n) is 14.4. The predicted octanol–water partition coefficient (Wildman–Crippen LogP) is 4.66. The average Bonchev–Trinajstić information content (AvgIpc) is 2.66. The van der Waals surface area contributed by atoms with Crippen LogP contribution in [0.4, 0.5) is 11.8 Å². The number of hydrogen-bond acceptors (Lipinski definition) is 4. The summed E-state index contributed by atoms with van der Waals surface area (Å²) in [5, 5.41) is 6.56. The molecule has 3 aromatic rings. The molecule has 0 amide bonds. The summed E-state index contributed by atoms with van der Waals surface area (Å²) in [6.07, 6.45) is 1.81. The van der Waals surface area contributed by atoms with Crippen LogP contribution >= 0.6 is 0 Å². The molecule has 0 fully saturated rings. The third kappa shape index (κ3) is 4.67. The van der Waals surface area contributed by atoms with Crippen molar-refractivity contribution in [3.63, 3.8) is 0 Å². The second kappa shape index (κ2) is 8.11. The van der Waals surface area contributed by atoms with Crippen molar-refractivity contribution in [3.05, 3.63) is 84.4 Å². The predicted molar refractivity (Wildman–Crippen MR) is 105 cm³/mol. The van der Waals surface area contributed by atoms with Crippen LogP contribution in [0.2, 0.25) is 0 Å². The van der Waals surface area contributed by atoms with Crippen LogP contribution in [0.25, 0.3) is 11.3 Å². The molecule has 2 N–H and O–H groups in total. The highest BCUT2D eigenvalue weighted by Gasteiger charge is 2.06. The van der Waals surface area contributed by atoms with E-state index in [-0.39, 0.29) is 0 Å². The second-order valence-electron chi connectivity index (χ2n) is 5.84. The Morgan fingerprint density at radius 1 is 0.960 bits per heavy atom. The van der Waals surface area contributed by atoms with Crippen molar-refractivity contribution in [2.24, 2.45) is 0 Å². The van der Waals surface area contributed by atoms with E-state index in [0.29, 0.717) is 19.0 Å². The molecule has 4 nitrogen and oxygen atoms in total. The summed E-state index contributed by atoms with van der Waals surface area (Å²) in [6, 6.07) is 20.5. The molecule has 25 heavy (non-hydrogen) atoms. The molecule has 0 aliphatic heterocycles. The van der Waals surface area contributed by atoms with Gasteiger partial charge in [0, 0.05) is 24.7 Å². The summed E-state index contributed by atoms with van der Waals surface area (Å²) in [4.78, 5) is 9.20. The highest BCUT2D eigenvalue weighted by molar-refractivity contribution is 5.64. The molecule has 0 atom stereocenters. The fourth-order valence-electron chi connectivity index (χ4n) is 2.44. The van der Waals surface area contributed by atoms with Crippen LogP contribution in [0, 0.1) is 6.92 Å². The number of benzene rings is 2. The van der Waals surface area contributed by atoms with E-state index in [1.807, 2.05) is 42.5 Å². The van der Waals surface area contributed by atoms with Crippen molar-refractivity contribution in [1.29, 1.82) is 0 Å². The Kier molecular flexibility index (Phi) is 5.42. The lowest BCUT2D eigenvalue weighted by atomic mass is 10.1. The molecule has 0 spiro atoms. The molecule has 0 bridgehead atoms. The summed E-state index contributed by atoms with van der Waals surface area (Å²) >= 11 is 0. The van der Waals surface area contributed by atoms with E-state index in [4.69, 9.17) is 0 Å². The van der Waals surface area contributed by atoms with Gasteiger partial charge >= 0.3 is 0 Å². The molecule has 0 radical (unpaired) electrons. The molecule has 0 aliphatic rings. The van der Waals surface area contributed by atoms with Crippen LogP contribution in [0.3, 0.4) is 0 Å². The summed E-state index contributed by atoms with van der Waals surface area (Å²) in [5.41, 5.74) is 4.39. The maximum atomic E-state index is 4.66. The van der Waals surface area contributed by atoms with Gasteiger partial charge in [0.05, 0.1) is 5.69 Å². The topological polar surface area (TPSA) is 49.8 Å². The molecule has 0 saturated heterocycles. The minimum atomic E-state index is 0.605. The van der Waals surface area contributed by atoms with Gasteiger partial charge in [-0.05, 0) is 12.5 Å². The summed E-state index contributed by atoms with van der Waals surface area (Å²) < 4.78 is 0. The van der Waals surface area contributed by atoms with Crippen molar-refractivity contribution in [3.8, 4) is 11.3 Å². The second-order valence-corrected chi connectivity index (χ2v) is 5.84. The zero-order chi connectivity index (χ0) is 17.5. The Balaban J connectivity index is 1.83. The highest BCUT2D eigenvalue weighted by Crippen LogP contribution is 2.21. The molecule has 0 saturated carbocycles. The molecule has 1 aromatic heterocycles. The maximum absolute atomic E-state index is 4.66. The number of anilines is 2. The van der Waals surface area contributed by atoms with E-state index in [1.54, 1.807) is 0 Å². The third-order valence-electron chi connectivity index (χ3n) is 3.79. The number of aryl methyl sites for hydroxylation is 1. The van der Waals surface area contributed by atoms with Gasteiger partial charge in [0.1, 0.15) is 5.82 Å². The van der Waals surface area contributed by atoms with Gasteiger partial charge in [-0.2, -0.15) is 4.98 Å². The Bertz CT molecular complexity index is 826. The summed E-state index contributed by atoms with van der Waals surface area (Å²) in [7, 11) is 0. The fraction of sp³-hybridized carbons (Fsp3) is 0.143. The number of aromatic nitrogens is 2. The molecule has 1 heterocycles. The van der Waals surface area contributed by atoms with Gasteiger partial charge in [-0.15, -0.1) is 6.58 Å². The molecule has 126 valence electrons. The standard InChI is InChI=1S/C21H22N4/c1-3-13-22-20-14-19(18-7-5-4-6-8-18)24-21(25-20)23-15-17-11-9-16(2)10-12-17/h3-12,14H,1,13,15H2,2H3,(H2,22,23,24,25). The van der Waals surface area contributed by atoms with Gasteiger partial charge < -0.3 is 10.6 Å². The normalized spacial score (nSPS) is 10.3. The van der Waals surface area contributed by atoms with Gasteiger partial charge in [-0.3, -0.25) is 0 Å². The SMILES string of the molecule is C=CCNc1cc(-c2ccccc2)nc(NCc2ccc(C)cc2)n1. The van der Waals surface area contributed by atoms with E-state index in [9.17, 15) is 0 Å². The van der Waals surface area contributed by atoms with Crippen LogP contribution in [0.1, 0.15) is 11.1 Å². The van der Waals surface area contributed by atoms with Gasteiger partial charge in [0.25, 0.3) is 0 Å². The minimum absolute atomic E-state index is 0.605. The number of nitrogens with zero attached hydrogens (tertiary/aromatic N) is 2. The number of nitrogens with one attached hydrogen (secondary N) is 2. The first kappa shape index (κ1) is 16.7. The monoisotopic (exact) mass is 330 g/mol. The smallest absolute Gasteiger partial charge is 0.225 e. The highest BCUT2D eigenvalue weighted by atomic mass is 15.1. The Morgan fingerprint density at radius 2 is 1.72 bits per heavy atom. The van der Waals surface area contributed by atoms with Crippen molar-refractivity contribution in [1.82, 2.24) is 9.97 Å². The molecule has 0 unspecified atom stereocenters. The average molecular weight is 330 g/mol. The van der Waals surface area contributed by atoms with Crippen molar-refractivity contribution < 1.29 is 0 Å². The lowest BCUT2D eigenvalue weighted by molar-refractivity contribution is 1.05. The lowest BCUT2D eigenvalue weighted by Crippen LogP contribution is -2.08. The van der Waals surface area contributed by atoms with Crippen LogP contribution in [0.5, 0.6) is 0 Å². The fourth-order valence-corrected chi connectivity index (χ4v) is 2.44. The quantitative estimate of drug-likeness (QED) is 0.619. The first-order valence-corrected chi connectivity index (χ1v) is 8.33. The lowest BCUT2D eigenvalue weighted by Gasteiger charge is -2.11. The van der Waals surface area contributed by atoms with Crippen molar-refractivity contribution in [2.45, 2.75) is 13.5 Å². The number of rotatable bonds is 7. The maximum Gasteiger partial charge on any atom is 0.225 e. The first-order valence-electron chi connectivity index (χ1n) is 8.33. The molecular weight excluding hydrogens is 308 g/mol. The van der Waals surface area contributed by atoms with Gasteiger partial charge in [0.15, 0.2) is 0 Å². The van der Waals surface area contributed by atoms with Gasteiger partial charge in [0.2, 0.25) is 5.95 Å². The van der Waals surface area contributed by atoms with Crippen molar-refractivity contribution in [2.75, 3.05) is 17.2 Å². The van der Waals surface area contributed by atoms with Gasteiger partial charge in [-0.25, -0.2) is 4.98 Å². The minimum Gasteiger partial charge on any atom is -0.366 e. The molecule has 3 rings (SSSR count). The van der Waals surface area contributed by atoms with Crippen LogP contribution < -0.4 is 10.6 Å².